The normalized spacial score (nSPS) is 24.1. The highest BCUT2D eigenvalue weighted by Crippen LogP contribution is 2.17. The summed E-state index contributed by atoms with van der Waals surface area (Å²) in [6, 6.07) is 0.818. The molecule has 3 N–H and O–H groups in total. The molecule has 0 aromatic heterocycles. The largest absolute Gasteiger partial charge is 0.353 e. The number of likely N-dealkylation sites (tertiary alicyclic amines) is 1. The van der Waals surface area contributed by atoms with Gasteiger partial charge in [-0.2, -0.15) is 0 Å². The Morgan fingerprint density at radius 2 is 1.78 bits per heavy atom. The van der Waals surface area contributed by atoms with Gasteiger partial charge in [-0.1, -0.05) is 19.3 Å². The van der Waals surface area contributed by atoms with Crippen LogP contribution < -0.4 is 11.1 Å². The maximum Gasteiger partial charge on any atom is 0.221 e. The van der Waals surface area contributed by atoms with Gasteiger partial charge in [0.05, 0.1) is 0 Å². The summed E-state index contributed by atoms with van der Waals surface area (Å²) in [4.78, 5) is 14.2. The van der Waals surface area contributed by atoms with Crippen molar-refractivity contribution in [3.8, 4) is 0 Å². The summed E-state index contributed by atoms with van der Waals surface area (Å²) in [5.74, 6) is 0.233. The first kappa shape index (κ1) is 13.8. The van der Waals surface area contributed by atoms with Gasteiger partial charge in [0, 0.05) is 25.0 Å². The Kier molecular flexibility index (Phi) is 5.45. The van der Waals surface area contributed by atoms with Crippen molar-refractivity contribution in [2.45, 2.75) is 63.5 Å². The maximum atomic E-state index is 11.9. The highest BCUT2D eigenvalue weighted by atomic mass is 16.1. The Bertz CT molecular complexity index is 256. The van der Waals surface area contributed by atoms with Gasteiger partial charge in [-0.15, -0.1) is 0 Å². The SMILES string of the molecule is NC1CCN(CCC(=O)NC2CCCCC2)CC1. The molecule has 2 aliphatic rings. The topological polar surface area (TPSA) is 58.4 Å². The van der Waals surface area contributed by atoms with Crippen molar-refractivity contribution >= 4 is 5.91 Å². The fourth-order valence-electron chi connectivity index (χ4n) is 2.98. The smallest absolute Gasteiger partial charge is 0.221 e. The maximum absolute atomic E-state index is 11.9. The van der Waals surface area contributed by atoms with Crippen molar-refractivity contribution in [1.29, 1.82) is 0 Å². The number of amides is 1. The van der Waals surface area contributed by atoms with Gasteiger partial charge in [-0.25, -0.2) is 0 Å². The van der Waals surface area contributed by atoms with Crippen molar-refractivity contribution in [1.82, 2.24) is 10.2 Å². The summed E-state index contributed by atoms with van der Waals surface area (Å²) in [6.07, 6.45) is 9.01. The first-order valence-electron chi connectivity index (χ1n) is 7.51. The third kappa shape index (κ3) is 4.58. The lowest BCUT2D eigenvalue weighted by atomic mass is 9.95. The molecule has 1 aliphatic carbocycles. The first-order valence-corrected chi connectivity index (χ1v) is 7.51. The van der Waals surface area contributed by atoms with Crippen molar-refractivity contribution in [3.63, 3.8) is 0 Å². The van der Waals surface area contributed by atoms with Gasteiger partial charge in [0.25, 0.3) is 0 Å². The second-order valence-corrected chi connectivity index (χ2v) is 5.83. The molecule has 2 rings (SSSR count). The van der Waals surface area contributed by atoms with Gasteiger partial charge in [0.1, 0.15) is 0 Å². The zero-order valence-corrected chi connectivity index (χ0v) is 11.4. The molecule has 1 amide bonds. The van der Waals surface area contributed by atoms with E-state index in [1.807, 2.05) is 0 Å². The molecule has 0 radical (unpaired) electrons. The fourth-order valence-corrected chi connectivity index (χ4v) is 2.98. The second-order valence-electron chi connectivity index (χ2n) is 5.83. The molecule has 1 saturated carbocycles. The van der Waals surface area contributed by atoms with Gasteiger partial charge in [0.15, 0.2) is 0 Å². The molecule has 4 nitrogen and oxygen atoms in total. The molecule has 104 valence electrons. The highest BCUT2D eigenvalue weighted by Gasteiger charge is 2.18. The van der Waals surface area contributed by atoms with Crippen LogP contribution in [0.5, 0.6) is 0 Å². The van der Waals surface area contributed by atoms with Crippen molar-refractivity contribution in [2.75, 3.05) is 19.6 Å². The Balaban J connectivity index is 1.59. The summed E-state index contributed by atoms with van der Waals surface area (Å²) < 4.78 is 0. The van der Waals surface area contributed by atoms with E-state index < -0.39 is 0 Å². The van der Waals surface area contributed by atoms with E-state index in [1.54, 1.807) is 0 Å². The van der Waals surface area contributed by atoms with Crippen LogP contribution in [0.3, 0.4) is 0 Å². The molecule has 1 saturated heterocycles. The molecule has 1 heterocycles. The Hall–Kier alpha value is -0.610. The van der Waals surface area contributed by atoms with Crippen molar-refractivity contribution in [2.24, 2.45) is 5.73 Å². The average Bonchev–Trinajstić information content (AvgIpc) is 2.39. The molecule has 0 unspecified atom stereocenters. The van der Waals surface area contributed by atoms with Crippen LogP contribution in [-0.4, -0.2) is 42.5 Å². The highest BCUT2D eigenvalue weighted by molar-refractivity contribution is 5.76. The molecule has 4 heteroatoms. The number of carbonyl (C=O) groups is 1. The Morgan fingerprint density at radius 1 is 1.11 bits per heavy atom. The number of nitrogens with zero attached hydrogens (tertiary/aromatic N) is 1. The number of hydrogen-bond donors (Lipinski definition) is 2. The molecule has 0 aromatic carbocycles. The molecule has 18 heavy (non-hydrogen) atoms. The molecule has 0 bridgehead atoms. The molecule has 0 aromatic rings. The summed E-state index contributed by atoms with van der Waals surface area (Å²) in [6.45, 7) is 3.00. The molecule has 2 fully saturated rings. The lowest BCUT2D eigenvalue weighted by Gasteiger charge is -2.30. The molecular formula is C14H27N3O. The van der Waals surface area contributed by atoms with E-state index in [1.165, 1.54) is 32.1 Å². The van der Waals surface area contributed by atoms with Gasteiger partial charge in [-0.05, 0) is 38.8 Å². The zero-order valence-electron chi connectivity index (χ0n) is 11.4. The molecule has 0 atom stereocenters. The fraction of sp³-hybridized carbons (Fsp3) is 0.929. The first-order chi connectivity index (χ1) is 8.74. The third-order valence-corrected chi connectivity index (χ3v) is 4.26. The number of hydrogen-bond acceptors (Lipinski definition) is 3. The third-order valence-electron chi connectivity index (χ3n) is 4.26. The minimum absolute atomic E-state index is 0.233. The van der Waals surface area contributed by atoms with Gasteiger partial charge in [-0.3, -0.25) is 4.79 Å². The van der Waals surface area contributed by atoms with Crippen molar-refractivity contribution < 1.29 is 4.79 Å². The van der Waals surface area contributed by atoms with Gasteiger partial charge < -0.3 is 16.0 Å². The number of rotatable bonds is 4. The molecular weight excluding hydrogens is 226 g/mol. The summed E-state index contributed by atoms with van der Waals surface area (Å²) in [7, 11) is 0. The van der Waals surface area contributed by atoms with E-state index in [0.29, 0.717) is 18.5 Å². The Labute approximate surface area is 110 Å². The van der Waals surface area contributed by atoms with E-state index in [4.69, 9.17) is 5.73 Å². The number of nitrogens with one attached hydrogen (secondary N) is 1. The van der Waals surface area contributed by atoms with Crippen LogP contribution in [0.4, 0.5) is 0 Å². The zero-order chi connectivity index (χ0) is 12.8. The number of carbonyl (C=O) groups excluding carboxylic acids is 1. The second kappa shape index (κ2) is 7.10. The predicted molar refractivity (Wildman–Crippen MR) is 73.3 cm³/mol. The van der Waals surface area contributed by atoms with Crippen LogP contribution in [0, 0.1) is 0 Å². The minimum Gasteiger partial charge on any atom is -0.353 e. The van der Waals surface area contributed by atoms with Crippen LogP contribution >= 0.6 is 0 Å². The van der Waals surface area contributed by atoms with E-state index in [-0.39, 0.29) is 5.91 Å². The summed E-state index contributed by atoms with van der Waals surface area (Å²) >= 11 is 0. The molecule has 0 spiro atoms. The number of piperidine rings is 1. The van der Waals surface area contributed by atoms with Crippen molar-refractivity contribution in [3.05, 3.63) is 0 Å². The number of nitrogens with two attached hydrogens (primary N) is 1. The lowest BCUT2D eigenvalue weighted by molar-refractivity contribution is -0.122. The van der Waals surface area contributed by atoms with Gasteiger partial charge >= 0.3 is 0 Å². The van der Waals surface area contributed by atoms with Crippen LogP contribution in [0.25, 0.3) is 0 Å². The van der Waals surface area contributed by atoms with Crippen LogP contribution in [0.1, 0.15) is 51.4 Å². The monoisotopic (exact) mass is 253 g/mol. The predicted octanol–water partition coefficient (Wildman–Crippen LogP) is 1.25. The average molecular weight is 253 g/mol. The summed E-state index contributed by atoms with van der Waals surface area (Å²) in [5.41, 5.74) is 5.87. The van der Waals surface area contributed by atoms with E-state index >= 15 is 0 Å². The standard InChI is InChI=1S/C14H27N3O/c15-12-6-9-17(10-7-12)11-8-14(18)16-13-4-2-1-3-5-13/h12-13H,1-11,15H2,(H,16,18). The van der Waals surface area contributed by atoms with Crippen LogP contribution in [-0.2, 0) is 4.79 Å². The minimum atomic E-state index is 0.233. The van der Waals surface area contributed by atoms with Gasteiger partial charge in [0.2, 0.25) is 5.91 Å². The molecule has 1 aliphatic heterocycles. The summed E-state index contributed by atoms with van der Waals surface area (Å²) in [5, 5.41) is 3.18. The Morgan fingerprint density at radius 3 is 2.44 bits per heavy atom. The lowest BCUT2D eigenvalue weighted by Crippen LogP contribution is -2.42. The quantitative estimate of drug-likeness (QED) is 0.793. The van der Waals surface area contributed by atoms with E-state index in [0.717, 1.165) is 32.5 Å². The van der Waals surface area contributed by atoms with Crippen LogP contribution in [0.15, 0.2) is 0 Å². The van der Waals surface area contributed by atoms with E-state index in [2.05, 4.69) is 10.2 Å². The van der Waals surface area contributed by atoms with E-state index in [9.17, 15) is 4.79 Å². The van der Waals surface area contributed by atoms with Crippen LogP contribution in [0.2, 0.25) is 0 Å².